The van der Waals surface area contributed by atoms with Crippen LogP contribution in [0.3, 0.4) is 0 Å². The maximum absolute atomic E-state index is 5.93. The maximum atomic E-state index is 5.93. The number of rotatable bonds is 20. The van der Waals surface area contributed by atoms with Crippen molar-refractivity contribution in [1.82, 2.24) is 0 Å². The third kappa shape index (κ3) is 34.1. The molecule has 0 radical (unpaired) electrons. The van der Waals surface area contributed by atoms with Crippen LogP contribution in [-0.4, -0.2) is 74.0 Å². The molecule has 62 heavy (non-hydrogen) atoms. The molecule has 8 nitrogen and oxygen atoms in total. The lowest BCUT2D eigenvalue weighted by atomic mass is 9.85. The molecule has 0 atom stereocenters. The second-order valence-electron chi connectivity index (χ2n) is 19.8. The second-order valence-corrected chi connectivity index (χ2v) is 19.8. The Kier molecular flexibility index (Phi) is 43.8. The SMILES string of the molecule is C.C.C.C.CC(C)OC(OC(C)C)C1CCC1.CC(C)OC(OC(C)C)C1CCCC1.CC(C)OC(OC(C)C)C1CCCCC1.CC(C)OC(OC(C)C)C1CCCCCC1. The van der Waals surface area contributed by atoms with Crippen LogP contribution in [0.25, 0.3) is 0 Å². The molecule has 0 unspecified atom stereocenters. The van der Waals surface area contributed by atoms with Gasteiger partial charge in [-0.15, -0.1) is 0 Å². The van der Waals surface area contributed by atoms with Gasteiger partial charge in [-0.25, -0.2) is 0 Å². The highest BCUT2D eigenvalue weighted by Crippen LogP contribution is 2.34. The Bertz CT molecular complexity index is 873. The predicted octanol–water partition coefficient (Wildman–Crippen LogP) is 16.7. The summed E-state index contributed by atoms with van der Waals surface area (Å²) in [4.78, 5) is 0. The van der Waals surface area contributed by atoms with Crippen molar-refractivity contribution in [2.24, 2.45) is 23.7 Å². The van der Waals surface area contributed by atoms with Gasteiger partial charge in [-0.2, -0.15) is 0 Å². The van der Waals surface area contributed by atoms with Crippen LogP contribution >= 0.6 is 0 Å². The minimum absolute atomic E-state index is 0. The molecule has 4 aliphatic rings. The Hall–Kier alpha value is -0.320. The van der Waals surface area contributed by atoms with E-state index in [1.807, 2.05) is 0 Å². The van der Waals surface area contributed by atoms with Gasteiger partial charge < -0.3 is 37.9 Å². The van der Waals surface area contributed by atoms with E-state index in [0.717, 1.165) is 0 Å². The maximum Gasteiger partial charge on any atom is 0.161 e. The van der Waals surface area contributed by atoms with Gasteiger partial charge in [0.05, 0.1) is 48.8 Å². The first-order chi connectivity index (χ1) is 27.4. The van der Waals surface area contributed by atoms with Gasteiger partial charge in [-0.05, 0) is 162 Å². The zero-order valence-corrected chi connectivity index (χ0v) is 41.2. The number of hydrogen-bond donors (Lipinski definition) is 0. The largest absolute Gasteiger partial charge is 0.350 e. The number of ether oxygens (including phenoxy) is 8. The highest BCUT2D eigenvalue weighted by Gasteiger charge is 2.31. The Morgan fingerprint density at radius 1 is 0.210 bits per heavy atom. The molecule has 0 aliphatic heterocycles. The smallest absolute Gasteiger partial charge is 0.161 e. The van der Waals surface area contributed by atoms with Crippen molar-refractivity contribution in [1.29, 1.82) is 0 Å². The minimum Gasteiger partial charge on any atom is -0.350 e. The van der Waals surface area contributed by atoms with Crippen LogP contribution in [0.5, 0.6) is 0 Å². The first kappa shape index (κ1) is 68.3. The van der Waals surface area contributed by atoms with E-state index in [4.69, 9.17) is 37.9 Å². The van der Waals surface area contributed by atoms with E-state index in [1.54, 1.807) is 0 Å². The van der Waals surface area contributed by atoms with Crippen molar-refractivity contribution in [2.45, 2.75) is 330 Å². The fourth-order valence-corrected chi connectivity index (χ4v) is 8.09. The second kappa shape index (κ2) is 39.8. The van der Waals surface area contributed by atoms with Crippen LogP contribution in [0.1, 0.15) is 256 Å². The molecule has 0 saturated heterocycles. The minimum atomic E-state index is 0. The molecule has 0 aromatic heterocycles. The lowest BCUT2D eigenvalue weighted by molar-refractivity contribution is -0.218. The van der Waals surface area contributed by atoms with Crippen LogP contribution in [0.2, 0.25) is 0 Å². The van der Waals surface area contributed by atoms with E-state index in [9.17, 15) is 0 Å². The molecule has 4 aliphatic carbocycles. The van der Waals surface area contributed by atoms with Crippen LogP contribution in [0.4, 0.5) is 0 Å². The molecule has 0 aromatic carbocycles. The van der Waals surface area contributed by atoms with E-state index in [2.05, 4.69) is 111 Å². The molecular weight excluding hydrogens is 777 g/mol. The van der Waals surface area contributed by atoms with Gasteiger partial charge in [0.2, 0.25) is 0 Å². The van der Waals surface area contributed by atoms with Crippen molar-refractivity contribution in [3.8, 4) is 0 Å². The fourth-order valence-electron chi connectivity index (χ4n) is 8.09. The molecule has 0 aromatic rings. The van der Waals surface area contributed by atoms with E-state index in [-0.39, 0.29) is 104 Å². The van der Waals surface area contributed by atoms with Gasteiger partial charge in [0.25, 0.3) is 0 Å². The summed E-state index contributed by atoms with van der Waals surface area (Å²) in [6, 6.07) is 0. The van der Waals surface area contributed by atoms with Crippen LogP contribution in [-0.2, 0) is 37.9 Å². The standard InChI is InChI=1S/C14H28O2.C13H26O2.C12H24O2.C11H22O2.4CH4/c1-11(2)15-14(16-12(3)4)13-9-7-5-6-8-10-13;1-10(2)14-13(15-11(3)4)12-8-6-5-7-9-12;1-9(2)13-12(14-10(3)4)11-7-5-6-8-11;1-8(2)12-11(13-9(3)4)10-6-5-7-10;;;;/h11-14H,5-10H2,1-4H3;10-13H,5-9H2,1-4H3;9-12H,5-8H2,1-4H3;8-11H,5-7H2,1-4H3;4*1H4. The lowest BCUT2D eigenvalue weighted by Gasteiger charge is -2.35. The van der Waals surface area contributed by atoms with Crippen LogP contribution in [0, 0.1) is 23.7 Å². The van der Waals surface area contributed by atoms with Gasteiger partial charge in [-0.1, -0.05) is 93.9 Å². The Labute approximate surface area is 390 Å². The molecule has 4 rings (SSSR count). The van der Waals surface area contributed by atoms with Crippen LogP contribution in [0.15, 0.2) is 0 Å². The Morgan fingerprint density at radius 2 is 0.339 bits per heavy atom. The average molecular weight is 894 g/mol. The number of hydrogen-bond acceptors (Lipinski definition) is 8. The van der Waals surface area contributed by atoms with E-state index >= 15 is 0 Å². The summed E-state index contributed by atoms with van der Waals surface area (Å²) in [5.41, 5.74) is 0. The average Bonchev–Trinajstić information content (AvgIpc) is 3.49. The molecule has 4 saturated carbocycles. The summed E-state index contributed by atoms with van der Waals surface area (Å²) in [6.45, 7) is 33.3. The molecule has 4 fully saturated rings. The fraction of sp³-hybridized carbons (Fsp3) is 1.00. The molecular formula is C54H116O8. The van der Waals surface area contributed by atoms with Crippen molar-refractivity contribution in [3.63, 3.8) is 0 Å². The van der Waals surface area contributed by atoms with Gasteiger partial charge in [0, 0.05) is 23.7 Å². The van der Waals surface area contributed by atoms with E-state index in [1.165, 1.54) is 116 Å². The van der Waals surface area contributed by atoms with Crippen molar-refractivity contribution in [3.05, 3.63) is 0 Å². The van der Waals surface area contributed by atoms with E-state index < -0.39 is 0 Å². The zero-order chi connectivity index (χ0) is 43.6. The summed E-state index contributed by atoms with van der Waals surface area (Å²) < 4.78 is 46.8. The van der Waals surface area contributed by atoms with E-state index in [0.29, 0.717) is 23.7 Å². The third-order valence-corrected chi connectivity index (χ3v) is 10.9. The van der Waals surface area contributed by atoms with Gasteiger partial charge in [-0.3, -0.25) is 0 Å². The third-order valence-electron chi connectivity index (χ3n) is 10.9. The highest BCUT2D eigenvalue weighted by molar-refractivity contribution is 4.75. The van der Waals surface area contributed by atoms with Gasteiger partial charge in [0.1, 0.15) is 0 Å². The molecule has 0 spiro atoms. The Morgan fingerprint density at radius 3 is 0.468 bits per heavy atom. The van der Waals surface area contributed by atoms with Crippen molar-refractivity contribution < 1.29 is 37.9 Å². The zero-order valence-electron chi connectivity index (χ0n) is 41.2. The quantitative estimate of drug-likeness (QED) is 0.0884. The monoisotopic (exact) mass is 893 g/mol. The molecule has 0 heterocycles. The first-order valence-corrected chi connectivity index (χ1v) is 24.6. The van der Waals surface area contributed by atoms with Crippen molar-refractivity contribution in [2.75, 3.05) is 0 Å². The topological polar surface area (TPSA) is 73.8 Å². The molecule has 0 N–H and O–H groups in total. The summed E-state index contributed by atoms with van der Waals surface area (Å²) >= 11 is 0. The summed E-state index contributed by atoms with van der Waals surface area (Å²) in [5.74, 6) is 2.49. The summed E-state index contributed by atoms with van der Waals surface area (Å²) in [5, 5.41) is 0. The van der Waals surface area contributed by atoms with Crippen molar-refractivity contribution >= 4 is 0 Å². The Balaban J connectivity index is -0.000000355. The highest BCUT2D eigenvalue weighted by atomic mass is 16.7. The molecule has 380 valence electrons. The van der Waals surface area contributed by atoms with Gasteiger partial charge in [0.15, 0.2) is 25.2 Å². The molecule has 0 amide bonds. The van der Waals surface area contributed by atoms with Crippen LogP contribution < -0.4 is 0 Å². The summed E-state index contributed by atoms with van der Waals surface area (Å²) in [7, 11) is 0. The molecule has 0 bridgehead atoms. The molecule has 8 heteroatoms. The first-order valence-electron chi connectivity index (χ1n) is 24.6. The lowest BCUT2D eigenvalue weighted by Crippen LogP contribution is -2.35. The normalized spacial score (nSPS) is 18.0. The van der Waals surface area contributed by atoms with Gasteiger partial charge >= 0.3 is 0 Å². The summed E-state index contributed by atoms with van der Waals surface area (Å²) in [6.07, 6.45) is 25.8. The predicted molar refractivity (Wildman–Crippen MR) is 269 cm³/mol.